The molecule has 0 aromatic carbocycles. The second-order valence-electron chi connectivity index (χ2n) is 4.18. The summed E-state index contributed by atoms with van der Waals surface area (Å²) in [6.07, 6.45) is 8.38. The molecule has 13 heavy (non-hydrogen) atoms. The van der Waals surface area contributed by atoms with Gasteiger partial charge >= 0.3 is 0 Å². The van der Waals surface area contributed by atoms with Crippen molar-refractivity contribution in [3.05, 3.63) is 0 Å². The monoisotopic (exact) mass is 248 g/mol. The summed E-state index contributed by atoms with van der Waals surface area (Å²) in [6.45, 7) is 0.943. The minimum atomic E-state index is 0.943. The smallest absolute Gasteiger partial charge is 0.0462 e. The molecule has 1 rings (SSSR count). The molecule has 0 unspecified atom stereocenters. The first-order chi connectivity index (χ1) is 6.36. The summed E-state index contributed by atoms with van der Waals surface area (Å²) in [5.41, 5.74) is 0. The minimum Gasteiger partial charge on any atom is -0.385 e. The molecule has 0 amide bonds. The molecule has 0 aliphatic heterocycles. The molecule has 0 atom stereocenters. The number of rotatable bonds is 5. The van der Waals surface area contributed by atoms with E-state index in [1.807, 2.05) is 0 Å². The van der Waals surface area contributed by atoms with Crippen LogP contribution in [0.15, 0.2) is 0 Å². The maximum absolute atomic E-state index is 5.07. The third kappa shape index (κ3) is 4.46. The van der Waals surface area contributed by atoms with E-state index < -0.39 is 0 Å². The molecular formula is C11H21BrO. The van der Waals surface area contributed by atoms with Gasteiger partial charge in [0, 0.05) is 19.0 Å². The van der Waals surface area contributed by atoms with Crippen molar-refractivity contribution in [3.63, 3.8) is 0 Å². The molecule has 1 aliphatic carbocycles. The Bertz CT molecular complexity index is 117. The largest absolute Gasteiger partial charge is 0.385 e. The summed E-state index contributed by atoms with van der Waals surface area (Å²) in [7, 11) is 1.79. The predicted octanol–water partition coefficient (Wildman–Crippen LogP) is 3.61. The Morgan fingerprint density at radius 2 is 1.77 bits per heavy atom. The van der Waals surface area contributed by atoms with Crippen molar-refractivity contribution >= 4 is 15.9 Å². The van der Waals surface area contributed by atoms with Crippen molar-refractivity contribution in [1.82, 2.24) is 0 Å². The summed E-state index contributed by atoms with van der Waals surface area (Å²) in [5, 5.41) is 1.21. The van der Waals surface area contributed by atoms with E-state index in [-0.39, 0.29) is 0 Å². The molecule has 0 heterocycles. The molecule has 0 radical (unpaired) electrons. The van der Waals surface area contributed by atoms with Gasteiger partial charge < -0.3 is 4.74 Å². The van der Waals surface area contributed by atoms with E-state index in [0.717, 1.165) is 18.4 Å². The molecule has 0 saturated heterocycles. The standard InChI is InChI=1S/C11H21BrO/c1-13-8-2-3-10-4-6-11(9-12)7-5-10/h10-11H,2-9H2,1H3. The van der Waals surface area contributed by atoms with Crippen LogP contribution in [0.3, 0.4) is 0 Å². The maximum Gasteiger partial charge on any atom is 0.0462 e. The van der Waals surface area contributed by atoms with Gasteiger partial charge in [-0.1, -0.05) is 28.8 Å². The molecule has 1 nitrogen and oxygen atoms in total. The van der Waals surface area contributed by atoms with Gasteiger partial charge in [-0.05, 0) is 37.5 Å². The third-order valence-corrected chi connectivity index (χ3v) is 4.06. The van der Waals surface area contributed by atoms with Crippen LogP contribution in [0.25, 0.3) is 0 Å². The Balaban J connectivity index is 2.03. The minimum absolute atomic E-state index is 0.943. The van der Waals surface area contributed by atoms with E-state index in [4.69, 9.17) is 4.74 Å². The van der Waals surface area contributed by atoms with Crippen LogP contribution >= 0.6 is 15.9 Å². The zero-order chi connectivity index (χ0) is 9.52. The van der Waals surface area contributed by atoms with Gasteiger partial charge in [0.05, 0.1) is 0 Å². The second kappa shape index (κ2) is 6.83. The fraction of sp³-hybridized carbons (Fsp3) is 1.00. The number of hydrogen-bond donors (Lipinski definition) is 0. The topological polar surface area (TPSA) is 9.23 Å². The molecule has 0 aromatic rings. The zero-order valence-electron chi connectivity index (χ0n) is 8.60. The third-order valence-electron chi connectivity index (χ3n) is 3.15. The van der Waals surface area contributed by atoms with E-state index in [0.29, 0.717) is 0 Å². The van der Waals surface area contributed by atoms with Crippen molar-refractivity contribution < 1.29 is 4.74 Å². The van der Waals surface area contributed by atoms with E-state index in [1.54, 1.807) is 7.11 Å². The first-order valence-corrected chi connectivity index (χ1v) is 6.54. The molecule has 1 aliphatic rings. The number of ether oxygens (including phenoxy) is 1. The quantitative estimate of drug-likeness (QED) is 0.534. The van der Waals surface area contributed by atoms with Crippen LogP contribution in [0.4, 0.5) is 0 Å². The Morgan fingerprint density at radius 1 is 1.15 bits per heavy atom. The lowest BCUT2D eigenvalue weighted by Crippen LogP contribution is -2.15. The van der Waals surface area contributed by atoms with Gasteiger partial charge in [-0.3, -0.25) is 0 Å². The van der Waals surface area contributed by atoms with Crippen molar-refractivity contribution in [2.45, 2.75) is 38.5 Å². The highest BCUT2D eigenvalue weighted by Crippen LogP contribution is 2.32. The second-order valence-corrected chi connectivity index (χ2v) is 4.82. The summed E-state index contributed by atoms with van der Waals surface area (Å²) in [4.78, 5) is 0. The van der Waals surface area contributed by atoms with E-state index in [2.05, 4.69) is 15.9 Å². The highest BCUT2D eigenvalue weighted by molar-refractivity contribution is 9.09. The van der Waals surface area contributed by atoms with Gasteiger partial charge in [0.1, 0.15) is 0 Å². The lowest BCUT2D eigenvalue weighted by Gasteiger charge is -2.27. The van der Waals surface area contributed by atoms with Gasteiger partial charge in [0.25, 0.3) is 0 Å². The van der Waals surface area contributed by atoms with E-state index in [9.17, 15) is 0 Å². The molecule has 0 spiro atoms. The number of halogens is 1. The summed E-state index contributed by atoms with van der Waals surface area (Å²) in [5.74, 6) is 1.95. The van der Waals surface area contributed by atoms with Crippen LogP contribution < -0.4 is 0 Å². The Kier molecular flexibility index (Phi) is 6.05. The average Bonchev–Trinajstić information content (AvgIpc) is 2.19. The average molecular weight is 249 g/mol. The SMILES string of the molecule is COCCCC1CCC(CBr)CC1. The van der Waals surface area contributed by atoms with Gasteiger partial charge in [0.2, 0.25) is 0 Å². The highest BCUT2D eigenvalue weighted by atomic mass is 79.9. The first kappa shape index (κ1) is 11.5. The van der Waals surface area contributed by atoms with Crippen LogP contribution in [0.1, 0.15) is 38.5 Å². The van der Waals surface area contributed by atoms with Crippen LogP contribution in [0.2, 0.25) is 0 Å². The fourth-order valence-electron chi connectivity index (χ4n) is 2.19. The Morgan fingerprint density at radius 3 is 2.31 bits per heavy atom. The predicted molar refractivity (Wildman–Crippen MR) is 60.4 cm³/mol. The van der Waals surface area contributed by atoms with Gasteiger partial charge in [0.15, 0.2) is 0 Å². The molecule has 1 saturated carbocycles. The number of methoxy groups -OCH3 is 1. The van der Waals surface area contributed by atoms with Gasteiger partial charge in [-0.2, -0.15) is 0 Å². The van der Waals surface area contributed by atoms with Gasteiger partial charge in [-0.25, -0.2) is 0 Å². The van der Waals surface area contributed by atoms with Crippen LogP contribution in [-0.4, -0.2) is 19.0 Å². The fourth-order valence-corrected chi connectivity index (χ4v) is 2.84. The van der Waals surface area contributed by atoms with E-state index >= 15 is 0 Å². The number of hydrogen-bond acceptors (Lipinski definition) is 1. The lowest BCUT2D eigenvalue weighted by molar-refractivity contribution is 0.178. The Hall–Kier alpha value is 0.440. The van der Waals surface area contributed by atoms with Crippen molar-refractivity contribution in [3.8, 4) is 0 Å². The zero-order valence-corrected chi connectivity index (χ0v) is 10.2. The van der Waals surface area contributed by atoms with Crippen molar-refractivity contribution in [2.75, 3.05) is 19.0 Å². The summed E-state index contributed by atoms with van der Waals surface area (Å²) < 4.78 is 5.07. The van der Waals surface area contributed by atoms with Crippen molar-refractivity contribution in [2.24, 2.45) is 11.8 Å². The maximum atomic E-state index is 5.07. The van der Waals surface area contributed by atoms with Crippen LogP contribution in [0, 0.1) is 11.8 Å². The molecule has 0 bridgehead atoms. The molecular weight excluding hydrogens is 228 g/mol. The van der Waals surface area contributed by atoms with Crippen LogP contribution in [-0.2, 0) is 4.74 Å². The summed E-state index contributed by atoms with van der Waals surface area (Å²) in [6, 6.07) is 0. The molecule has 0 aromatic heterocycles. The highest BCUT2D eigenvalue weighted by Gasteiger charge is 2.19. The van der Waals surface area contributed by atoms with Crippen molar-refractivity contribution in [1.29, 1.82) is 0 Å². The first-order valence-electron chi connectivity index (χ1n) is 5.41. The summed E-state index contributed by atoms with van der Waals surface area (Å²) >= 11 is 3.57. The Labute approximate surface area is 90.4 Å². The van der Waals surface area contributed by atoms with E-state index in [1.165, 1.54) is 43.9 Å². The van der Waals surface area contributed by atoms with Gasteiger partial charge in [-0.15, -0.1) is 0 Å². The molecule has 1 fully saturated rings. The number of alkyl halides is 1. The molecule has 2 heteroatoms. The van der Waals surface area contributed by atoms with Crippen LogP contribution in [0.5, 0.6) is 0 Å². The lowest BCUT2D eigenvalue weighted by atomic mass is 9.81. The molecule has 0 N–H and O–H groups in total. The normalized spacial score (nSPS) is 29.1. The molecule has 78 valence electrons.